The van der Waals surface area contributed by atoms with Crippen LogP contribution >= 0.6 is 0 Å². The summed E-state index contributed by atoms with van der Waals surface area (Å²) in [5, 5.41) is 0. The smallest absolute Gasteiger partial charge is 0.0327 e. The maximum absolute atomic E-state index is 5.99. The zero-order valence-corrected chi connectivity index (χ0v) is 10.6. The fraction of sp³-hybridized carbons (Fsp3) is 1.00. The number of nitrogens with zero attached hydrogens (tertiary/aromatic N) is 2. The molecule has 0 spiro atoms. The lowest BCUT2D eigenvalue weighted by Crippen LogP contribution is -2.54. The van der Waals surface area contributed by atoms with E-state index in [4.69, 9.17) is 5.73 Å². The molecule has 0 bridgehead atoms. The molecule has 0 aliphatic carbocycles. The highest BCUT2D eigenvalue weighted by Gasteiger charge is 2.32. The molecule has 1 aliphatic rings. The van der Waals surface area contributed by atoms with Gasteiger partial charge in [-0.3, -0.25) is 4.90 Å². The molecule has 3 nitrogen and oxygen atoms in total. The monoisotopic (exact) mass is 213 g/mol. The molecule has 0 radical (unpaired) electrons. The SMILES string of the molecule is CCC(CC)(CN)N1CCCN(C)CC1. The molecule has 0 aromatic heterocycles. The number of rotatable bonds is 4. The van der Waals surface area contributed by atoms with Crippen LogP contribution in [0.5, 0.6) is 0 Å². The maximum Gasteiger partial charge on any atom is 0.0327 e. The van der Waals surface area contributed by atoms with Crippen LogP contribution < -0.4 is 5.73 Å². The van der Waals surface area contributed by atoms with Crippen molar-refractivity contribution in [1.82, 2.24) is 9.80 Å². The Kier molecular flexibility index (Phi) is 5.03. The van der Waals surface area contributed by atoms with Gasteiger partial charge < -0.3 is 10.6 Å². The van der Waals surface area contributed by atoms with Gasteiger partial charge in [-0.1, -0.05) is 13.8 Å². The van der Waals surface area contributed by atoms with Crippen molar-refractivity contribution < 1.29 is 0 Å². The first-order valence-electron chi connectivity index (χ1n) is 6.32. The van der Waals surface area contributed by atoms with Gasteiger partial charge in [0.25, 0.3) is 0 Å². The van der Waals surface area contributed by atoms with E-state index < -0.39 is 0 Å². The quantitative estimate of drug-likeness (QED) is 0.760. The fourth-order valence-corrected chi connectivity index (χ4v) is 2.64. The van der Waals surface area contributed by atoms with Crippen LogP contribution in [0.15, 0.2) is 0 Å². The van der Waals surface area contributed by atoms with E-state index in [-0.39, 0.29) is 5.54 Å². The van der Waals surface area contributed by atoms with Gasteiger partial charge >= 0.3 is 0 Å². The van der Waals surface area contributed by atoms with Crippen molar-refractivity contribution in [3.63, 3.8) is 0 Å². The number of hydrogen-bond acceptors (Lipinski definition) is 3. The van der Waals surface area contributed by atoms with Crippen LogP contribution in [-0.4, -0.2) is 55.1 Å². The summed E-state index contributed by atoms with van der Waals surface area (Å²) in [6.07, 6.45) is 3.62. The summed E-state index contributed by atoms with van der Waals surface area (Å²) in [6.45, 7) is 10.1. The van der Waals surface area contributed by atoms with Gasteiger partial charge in [0.1, 0.15) is 0 Å². The predicted molar refractivity (Wildman–Crippen MR) is 66.1 cm³/mol. The van der Waals surface area contributed by atoms with E-state index in [0.29, 0.717) is 0 Å². The van der Waals surface area contributed by atoms with Crippen LogP contribution in [0.25, 0.3) is 0 Å². The molecule has 0 amide bonds. The highest BCUT2D eigenvalue weighted by Crippen LogP contribution is 2.24. The van der Waals surface area contributed by atoms with Gasteiger partial charge in [-0.05, 0) is 32.9 Å². The number of nitrogens with two attached hydrogens (primary N) is 1. The third-order valence-corrected chi connectivity index (χ3v) is 4.09. The second-order valence-corrected chi connectivity index (χ2v) is 4.78. The zero-order valence-electron chi connectivity index (χ0n) is 10.6. The van der Waals surface area contributed by atoms with Crippen LogP contribution in [0.2, 0.25) is 0 Å². The van der Waals surface area contributed by atoms with E-state index >= 15 is 0 Å². The van der Waals surface area contributed by atoms with Gasteiger partial charge in [0, 0.05) is 31.7 Å². The van der Waals surface area contributed by atoms with Gasteiger partial charge in [-0.2, -0.15) is 0 Å². The molecule has 90 valence electrons. The van der Waals surface area contributed by atoms with Crippen molar-refractivity contribution in [1.29, 1.82) is 0 Å². The molecular formula is C12H27N3. The molecule has 0 unspecified atom stereocenters. The molecule has 1 saturated heterocycles. The van der Waals surface area contributed by atoms with Crippen LogP contribution in [0, 0.1) is 0 Å². The predicted octanol–water partition coefficient (Wildman–Crippen LogP) is 1.14. The second kappa shape index (κ2) is 5.83. The molecule has 0 aromatic carbocycles. The Labute approximate surface area is 94.6 Å². The molecule has 1 heterocycles. The fourth-order valence-electron chi connectivity index (χ4n) is 2.64. The lowest BCUT2D eigenvalue weighted by molar-refractivity contribution is 0.0896. The summed E-state index contributed by atoms with van der Waals surface area (Å²) in [6, 6.07) is 0. The van der Waals surface area contributed by atoms with Crippen molar-refractivity contribution >= 4 is 0 Å². The van der Waals surface area contributed by atoms with E-state index in [2.05, 4.69) is 30.7 Å². The minimum absolute atomic E-state index is 0.255. The van der Waals surface area contributed by atoms with Gasteiger partial charge in [0.15, 0.2) is 0 Å². The third kappa shape index (κ3) is 2.92. The van der Waals surface area contributed by atoms with Crippen molar-refractivity contribution in [2.24, 2.45) is 5.73 Å². The maximum atomic E-state index is 5.99. The lowest BCUT2D eigenvalue weighted by atomic mass is 9.90. The molecule has 1 rings (SSSR count). The molecule has 2 N–H and O–H groups in total. The topological polar surface area (TPSA) is 32.5 Å². The Morgan fingerprint density at radius 1 is 1.07 bits per heavy atom. The Balaban J connectivity index is 2.66. The van der Waals surface area contributed by atoms with Crippen molar-refractivity contribution in [3.05, 3.63) is 0 Å². The first kappa shape index (κ1) is 12.9. The molecule has 1 aliphatic heterocycles. The first-order chi connectivity index (χ1) is 7.18. The normalized spacial score (nSPS) is 21.6. The molecule has 1 fully saturated rings. The van der Waals surface area contributed by atoms with Gasteiger partial charge in [-0.15, -0.1) is 0 Å². The van der Waals surface area contributed by atoms with Gasteiger partial charge in [-0.25, -0.2) is 0 Å². The van der Waals surface area contributed by atoms with Crippen LogP contribution in [0.3, 0.4) is 0 Å². The van der Waals surface area contributed by atoms with E-state index in [1.165, 1.54) is 45.4 Å². The average molecular weight is 213 g/mol. The highest BCUT2D eigenvalue weighted by molar-refractivity contribution is 4.90. The molecular weight excluding hydrogens is 186 g/mol. The van der Waals surface area contributed by atoms with E-state index in [9.17, 15) is 0 Å². The van der Waals surface area contributed by atoms with Crippen LogP contribution in [0.1, 0.15) is 33.1 Å². The third-order valence-electron chi connectivity index (χ3n) is 4.09. The Morgan fingerprint density at radius 3 is 2.27 bits per heavy atom. The molecule has 0 aromatic rings. The highest BCUT2D eigenvalue weighted by atomic mass is 15.3. The summed E-state index contributed by atoms with van der Waals surface area (Å²) >= 11 is 0. The minimum atomic E-state index is 0.255. The van der Waals surface area contributed by atoms with Crippen LogP contribution in [0.4, 0.5) is 0 Å². The zero-order chi connectivity index (χ0) is 11.3. The van der Waals surface area contributed by atoms with Crippen molar-refractivity contribution in [3.8, 4) is 0 Å². The standard InChI is InChI=1S/C12H27N3/c1-4-12(5-2,11-13)15-8-6-7-14(3)9-10-15/h4-11,13H2,1-3H3. The summed E-state index contributed by atoms with van der Waals surface area (Å²) in [5.41, 5.74) is 6.25. The first-order valence-corrected chi connectivity index (χ1v) is 6.32. The Hall–Kier alpha value is -0.120. The largest absolute Gasteiger partial charge is 0.329 e. The number of likely N-dealkylation sites (N-methyl/N-ethyl adjacent to an activating group) is 1. The minimum Gasteiger partial charge on any atom is -0.329 e. The summed E-state index contributed by atoms with van der Waals surface area (Å²) in [4.78, 5) is 5.04. The van der Waals surface area contributed by atoms with Crippen molar-refractivity contribution in [2.45, 2.75) is 38.6 Å². The Bertz CT molecular complexity index is 169. The molecule has 0 saturated carbocycles. The summed E-state index contributed by atoms with van der Waals surface area (Å²) in [7, 11) is 2.21. The summed E-state index contributed by atoms with van der Waals surface area (Å²) < 4.78 is 0. The lowest BCUT2D eigenvalue weighted by Gasteiger charge is -2.42. The molecule has 0 atom stereocenters. The molecule has 3 heteroatoms. The number of hydrogen-bond donors (Lipinski definition) is 1. The van der Waals surface area contributed by atoms with E-state index in [0.717, 1.165) is 6.54 Å². The van der Waals surface area contributed by atoms with E-state index in [1.807, 2.05) is 0 Å². The Morgan fingerprint density at radius 2 is 1.73 bits per heavy atom. The van der Waals surface area contributed by atoms with E-state index in [1.54, 1.807) is 0 Å². The molecule has 15 heavy (non-hydrogen) atoms. The van der Waals surface area contributed by atoms with Crippen LogP contribution in [-0.2, 0) is 0 Å². The summed E-state index contributed by atoms with van der Waals surface area (Å²) in [5.74, 6) is 0. The average Bonchev–Trinajstić information content (AvgIpc) is 2.48. The second-order valence-electron chi connectivity index (χ2n) is 4.78. The van der Waals surface area contributed by atoms with Crippen molar-refractivity contribution in [2.75, 3.05) is 39.8 Å². The van der Waals surface area contributed by atoms with Gasteiger partial charge in [0.05, 0.1) is 0 Å². The van der Waals surface area contributed by atoms with Gasteiger partial charge in [0.2, 0.25) is 0 Å².